The van der Waals surface area contributed by atoms with E-state index < -0.39 is 33.9 Å². The van der Waals surface area contributed by atoms with Gasteiger partial charge in [0.2, 0.25) is 0 Å². The van der Waals surface area contributed by atoms with Gasteiger partial charge in [0, 0.05) is 31.2 Å². The normalized spacial score (nSPS) is 18.6. The molecule has 3 atom stereocenters. The minimum Gasteiger partial charge on any atom is -0.487 e. The predicted molar refractivity (Wildman–Crippen MR) is 141 cm³/mol. The van der Waals surface area contributed by atoms with Gasteiger partial charge < -0.3 is 25.0 Å². The Balaban J connectivity index is 1.96. The zero-order chi connectivity index (χ0) is 28.2. The first kappa shape index (κ1) is 29.2. The number of carbonyl (C=O) groups is 2. The number of halogens is 1. The van der Waals surface area contributed by atoms with Crippen LogP contribution in [0.25, 0.3) is 0 Å². The van der Waals surface area contributed by atoms with Gasteiger partial charge in [-0.05, 0) is 63.2 Å². The van der Waals surface area contributed by atoms with E-state index in [-0.39, 0.29) is 59.6 Å². The third kappa shape index (κ3) is 6.93. The lowest BCUT2D eigenvalue weighted by molar-refractivity contribution is 0.0366. The van der Waals surface area contributed by atoms with Gasteiger partial charge in [0.1, 0.15) is 17.7 Å². The van der Waals surface area contributed by atoms with Crippen LogP contribution in [0, 0.1) is 11.7 Å². The molecular formula is C26H35FN4O6S. The van der Waals surface area contributed by atoms with Gasteiger partial charge in [-0.3, -0.25) is 9.52 Å². The summed E-state index contributed by atoms with van der Waals surface area (Å²) in [5.74, 6) is -0.973. The molecule has 0 bridgehead atoms. The number of urea groups is 1. The monoisotopic (exact) mass is 550 g/mol. The number of amides is 3. The molecule has 0 aliphatic carbocycles. The van der Waals surface area contributed by atoms with Crippen LogP contribution in [0.4, 0.5) is 14.9 Å². The number of ether oxygens (including phenoxy) is 1. The number of fused-ring (bicyclic) bond motifs is 1. The summed E-state index contributed by atoms with van der Waals surface area (Å²) in [5, 5.41) is 12.6. The molecule has 10 nitrogen and oxygen atoms in total. The first-order chi connectivity index (χ1) is 17.8. The van der Waals surface area contributed by atoms with E-state index in [9.17, 15) is 27.5 Å². The van der Waals surface area contributed by atoms with E-state index in [1.165, 1.54) is 28.0 Å². The fraction of sp³-hybridized carbons (Fsp3) is 0.462. The van der Waals surface area contributed by atoms with Crippen molar-refractivity contribution in [3.63, 3.8) is 0 Å². The Kier molecular flexibility index (Phi) is 9.21. The zero-order valence-electron chi connectivity index (χ0n) is 22.1. The second-order valence-corrected chi connectivity index (χ2v) is 11.6. The van der Waals surface area contributed by atoms with Gasteiger partial charge in [-0.25, -0.2) is 17.6 Å². The number of benzene rings is 2. The number of aliphatic hydroxyl groups is 1. The Hall–Kier alpha value is -3.38. The SMILES string of the molecule is CC(C)NC(=O)N(C)C[C@H]1Oc2ccc(NS(=O)(=O)c3ccc(F)cc3)cc2C(=O)N([C@@H](C)CO)C[C@@H]1C. The number of anilines is 1. The van der Waals surface area contributed by atoms with Crippen LogP contribution in [0.5, 0.6) is 5.75 Å². The Morgan fingerprint density at radius 2 is 1.87 bits per heavy atom. The maximum Gasteiger partial charge on any atom is 0.317 e. The predicted octanol–water partition coefficient (Wildman–Crippen LogP) is 2.90. The van der Waals surface area contributed by atoms with Crippen molar-refractivity contribution in [3.8, 4) is 5.75 Å². The van der Waals surface area contributed by atoms with Crippen LogP contribution in [0.2, 0.25) is 0 Å². The second kappa shape index (κ2) is 12.0. The number of nitrogens with one attached hydrogen (secondary N) is 2. The highest BCUT2D eigenvalue weighted by molar-refractivity contribution is 7.92. The highest BCUT2D eigenvalue weighted by Gasteiger charge is 2.34. The largest absolute Gasteiger partial charge is 0.487 e. The van der Waals surface area contributed by atoms with Gasteiger partial charge in [-0.2, -0.15) is 0 Å². The van der Waals surface area contributed by atoms with E-state index in [1.54, 1.807) is 14.0 Å². The zero-order valence-corrected chi connectivity index (χ0v) is 23.0. The van der Waals surface area contributed by atoms with Crippen molar-refractivity contribution in [2.75, 3.05) is 31.5 Å². The summed E-state index contributed by atoms with van der Waals surface area (Å²) in [5.41, 5.74) is 0.219. The molecule has 1 aliphatic rings. The Bertz CT molecular complexity index is 1250. The van der Waals surface area contributed by atoms with Crippen molar-refractivity contribution in [1.29, 1.82) is 0 Å². The van der Waals surface area contributed by atoms with Gasteiger partial charge in [-0.1, -0.05) is 6.92 Å². The molecule has 0 unspecified atom stereocenters. The number of nitrogens with zero attached hydrogens (tertiary/aromatic N) is 2. The summed E-state index contributed by atoms with van der Waals surface area (Å²) in [6.07, 6.45) is -0.500. The first-order valence-electron chi connectivity index (χ1n) is 12.3. The summed E-state index contributed by atoms with van der Waals surface area (Å²) < 4.78 is 47.6. The Morgan fingerprint density at radius 3 is 2.47 bits per heavy atom. The van der Waals surface area contributed by atoms with Crippen molar-refractivity contribution < 1.29 is 32.2 Å². The molecule has 0 saturated carbocycles. The molecule has 3 N–H and O–H groups in total. The number of likely N-dealkylation sites (N-methyl/N-ethyl adjacent to an activating group) is 1. The highest BCUT2D eigenvalue weighted by Crippen LogP contribution is 2.31. The van der Waals surface area contributed by atoms with Gasteiger partial charge in [0.15, 0.2) is 0 Å². The molecule has 3 rings (SSSR count). The van der Waals surface area contributed by atoms with Crippen LogP contribution >= 0.6 is 0 Å². The number of rotatable bonds is 8. The lowest BCUT2D eigenvalue weighted by atomic mass is 9.99. The summed E-state index contributed by atoms with van der Waals surface area (Å²) in [6.45, 7) is 7.54. The van der Waals surface area contributed by atoms with E-state index in [2.05, 4.69) is 10.0 Å². The van der Waals surface area contributed by atoms with Crippen LogP contribution in [0.3, 0.4) is 0 Å². The molecule has 0 saturated heterocycles. The molecule has 3 amide bonds. The number of carbonyl (C=O) groups excluding carboxylic acids is 2. The van der Waals surface area contributed by atoms with Gasteiger partial charge >= 0.3 is 6.03 Å². The van der Waals surface area contributed by atoms with Crippen molar-refractivity contribution in [2.45, 2.75) is 50.8 Å². The average Bonchev–Trinajstić information content (AvgIpc) is 2.85. The van der Waals surface area contributed by atoms with E-state index in [0.29, 0.717) is 0 Å². The molecule has 0 fully saturated rings. The number of hydrogen-bond donors (Lipinski definition) is 3. The van der Waals surface area contributed by atoms with Gasteiger partial charge in [0.05, 0.1) is 29.7 Å². The fourth-order valence-electron chi connectivity index (χ4n) is 4.04. The maximum absolute atomic E-state index is 13.6. The highest BCUT2D eigenvalue weighted by atomic mass is 32.2. The first-order valence-corrected chi connectivity index (χ1v) is 13.8. The van der Waals surface area contributed by atoms with E-state index in [4.69, 9.17) is 4.74 Å². The van der Waals surface area contributed by atoms with E-state index >= 15 is 0 Å². The molecule has 1 heterocycles. The standard InChI is InChI=1S/C26H35FN4O6S/c1-16(2)28-26(34)30(5)14-24-17(3)13-31(18(4)15-32)25(33)22-12-20(8-11-23(22)37-24)29-38(35,36)21-9-6-19(27)7-10-21/h6-12,16-18,24,29,32H,13-15H2,1-5H3,(H,28,34)/t17-,18-,24+/m0/s1. The number of aliphatic hydroxyl groups excluding tert-OH is 1. The van der Waals surface area contributed by atoms with E-state index in [0.717, 1.165) is 24.3 Å². The lowest BCUT2D eigenvalue weighted by Crippen LogP contribution is -2.51. The summed E-state index contributed by atoms with van der Waals surface area (Å²) in [6, 6.07) is 7.88. The number of sulfonamides is 1. The average molecular weight is 551 g/mol. The second-order valence-electron chi connectivity index (χ2n) is 9.88. The summed E-state index contributed by atoms with van der Waals surface area (Å²) in [7, 11) is -2.40. The molecule has 12 heteroatoms. The van der Waals surface area contributed by atoms with Crippen molar-refractivity contribution in [1.82, 2.24) is 15.1 Å². The molecule has 0 aromatic heterocycles. The van der Waals surface area contributed by atoms with Crippen molar-refractivity contribution >= 4 is 27.6 Å². The van der Waals surface area contributed by atoms with Crippen molar-refractivity contribution in [2.24, 2.45) is 5.92 Å². The fourth-order valence-corrected chi connectivity index (χ4v) is 5.09. The minimum absolute atomic E-state index is 0.0445. The molecule has 38 heavy (non-hydrogen) atoms. The minimum atomic E-state index is -4.05. The van der Waals surface area contributed by atoms with Gasteiger partial charge in [-0.15, -0.1) is 0 Å². The molecule has 208 valence electrons. The lowest BCUT2D eigenvalue weighted by Gasteiger charge is -2.38. The molecule has 2 aromatic rings. The smallest absolute Gasteiger partial charge is 0.317 e. The summed E-state index contributed by atoms with van der Waals surface area (Å²) >= 11 is 0. The third-order valence-corrected chi connectivity index (χ3v) is 7.65. The maximum atomic E-state index is 13.6. The molecule has 2 aromatic carbocycles. The van der Waals surface area contributed by atoms with E-state index in [1.807, 2.05) is 20.8 Å². The van der Waals surface area contributed by atoms with Gasteiger partial charge in [0.25, 0.3) is 15.9 Å². The van der Waals surface area contributed by atoms with Crippen molar-refractivity contribution in [3.05, 3.63) is 53.8 Å². The van der Waals surface area contributed by atoms with Crippen LogP contribution in [0.15, 0.2) is 47.4 Å². The van der Waals surface area contributed by atoms with Crippen LogP contribution in [0.1, 0.15) is 38.1 Å². The molecule has 1 aliphatic heterocycles. The molecule has 0 spiro atoms. The molecule has 0 radical (unpaired) electrons. The van der Waals surface area contributed by atoms with Crippen LogP contribution in [-0.2, 0) is 10.0 Å². The van der Waals surface area contributed by atoms with Crippen LogP contribution < -0.4 is 14.8 Å². The quantitative estimate of drug-likeness (QED) is 0.464. The topological polar surface area (TPSA) is 128 Å². The third-order valence-electron chi connectivity index (χ3n) is 6.25. The Labute approximate surface area is 222 Å². The van der Waals surface area contributed by atoms with Crippen LogP contribution in [-0.4, -0.2) is 80.2 Å². The number of hydrogen-bond acceptors (Lipinski definition) is 6. The Morgan fingerprint density at radius 1 is 1.21 bits per heavy atom. The molecular weight excluding hydrogens is 515 g/mol. The summed E-state index contributed by atoms with van der Waals surface area (Å²) in [4.78, 5) is 28.9.